The van der Waals surface area contributed by atoms with E-state index in [0.717, 1.165) is 44.9 Å². The van der Waals surface area contributed by atoms with Gasteiger partial charge in [0.1, 0.15) is 12.1 Å². The maximum absolute atomic E-state index is 6.13. The molecule has 0 spiro atoms. The predicted octanol–water partition coefficient (Wildman–Crippen LogP) is 4.90. The minimum atomic E-state index is 0.126. The van der Waals surface area contributed by atoms with Crippen LogP contribution in [0.2, 0.25) is 5.02 Å². The summed E-state index contributed by atoms with van der Waals surface area (Å²) in [7, 11) is 1.66. The molecule has 5 rings (SSSR count). The molecule has 5 aromatic rings. The van der Waals surface area contributed by atoms with Crippen molar-refractivity contribution in [2.75, 3.05) is 7.11 Å². The maximum atomic E-state index is 6.13. The van der Waals surface area contributed by atoms with Crippen LogP contribution in [0.3, 0.4) is 0 Å². The average molecular weight is 461 g/mol. The smallest absolute Gasteiger partial charge is 0.192 e. The molecule has 0 bridgehead atoms. The van der Waals surface area contributed by atoms with Crippen LogP contribution in [0.15, 0.2) is 60.0 Å². The fourth-order valence-electron chi connectivity index (χ4n) is 3.78. The number of benzene rings is 2. The lowest BCUT2D eigenvalue weighted by Crippen LogP contribution is -1.99. The molecule has 0 N–H and O–H groups in total. The first-order valence-electron chi connectivity index (χ1n) is 10.3. The van der Waals surface area contributed by atoms with Crippen molar-refractivity contribution in [1.29, 1.82) is 0 Å². The van der Waals surface area contributed by atoms with Crippen LogP contribution in [0.4, 0.5) is 0 Å². The molecule has 0 radical (unpaired) electrons. The van der Waals surface area contributed by atoms with Crippen LogP contribution in [0.25, 0.3) is 22.4 Å². The topological polar surface area (TPSA) is 78.8 Å². The molecule has 9 heteroatoms. The summed E-state index contributed by atoms with van der Waals surface area (Å²) < 4.78 is 9.07. The van der Waals surface area contributed by atoms with Crippen molar-refractivity contribution in [1.82, 2.24) is 24.1 Å². The number of ether oxygens (including phenoxy) is 1. The molecule has 0 saturated heterocycles. The highest BCUT2D eigenvalue weighted by atomic mass is 35.5. The van der Waals surface area contributed by atoms with Gasteiger partial charge in [-0.1, -0.05) is 35.0 Å². The van der Waals surface area contributed by atoms with Crippen molar-refractivity contribution in [3.63, 3.8) is 0 Å². The Morgan fingerprint density at radius 3 is 2.61 bits per heavy atom. The SMILES string of the molecule is COc1ccc(-n2c(C)c(C)c3c2ncn2nc(CON=Cc4ccccc4Cl)nc32)cc1. The second kappa shape index (κ2) is 8.55. The summed E-state index contributed by atoms with van der Waals surface area (Å²) in [5.74, 6) is 1.31. The van der Waals surface area contributed by atoms with E-state index in [1.807, 2.05) is 42.5 Å². The normalized spacial score (nSPS) is 11.6. The van der Waals surface area contributed by atoms with E-state index in [-0.39, 0.29) is 6.61 Å². The molecular weight excluding hydrogens is 440 g/mol. The monoisotopic (exact) mass is 460 g/mol. The van der Waals surface area contributed by atoms with Crippen LogP contribution in [0, 0.1) is 13.8 Å². The molecule has 0 fully saturated rings. The summed E-state index contributed by atoms with van der Waals surface area (Å²) in [5.41, 5.74) is 5.50. The minimum Gasteiger partial charge on any atom is -0.497 e. The Kier molecular flexibility index (Phi) is 5.43. The summed E-state index contributed by atoms with van der Waals surface area (Å²) in [5, 5.41) is 10.0. The van der Waals surface area contributed by atoms with Crippen LogP contribution in [-0.4, -0.2) is 37.5 Å². The van der Waals surface area contributed by atoms with E-state index < -0.39 is 0 Å². The van der Waals surface area contributed by atoms with Gasteiger partial charge in [0, 0.05) is 22.0 Å². The van der Waals surface area contributed by atoms with Crippen molar-refractivity contribution in [3.8, 4) is 11.4 Å². The van der Waals surface area contributed by atoms with Crippen LogP contribution < -0.4 is 4.74 Å². The molecule has 3 aromatic heterocycles. The molecule has 0 saturated carbocycles. The molecule has 0 amide bonds. The third-order valence-electron chi connectivity index (χ3n) is 5.57. The van der Waals surface area contributed by atoms with Gasteiger partial charge < -0.3 is 9.57 Å². The van der Waals surface area contributed by atoms with Crippen LogP contribution in [0.1, 0.15) is 22.6 Å². The van der Waals surface area contributed by atoms with E-state index in [9.17, 15) is 0 Å². The van der Waals surface area contributed by atoms with Gasteiger partial charge in [0.2, 0.25) is 0 Å². The molecule has 0 atom stereocenters. The predicted molar refractivity (Wildman–Crippen MR) is 127 cm³/mol. The Labute approximate surface area is 195 Å². The Hall–Kier alpha value is -3.91. The van der Waals surface area contributed by atoms with Crippen molar-refractivity contribution < 1.29 is 9.57 Å². The Balaban J connectivity index is 1.47. The van der Waals surface area contributed by atoms with Crippen LogP contribution >= 0.6 is 11.6 Å². The summed E-state index contributed by atoms with van der Waals surface area (Å²) in [4.78, 5) is 14.8. The molecule has 166 valence electrons. The lowest BCUT2D eigenvalue weighted by atomic mass is 10.2. The van der Waals surface area contributed by atoms with Crippen LogP contribution in [0.5, 0.6) is 5.75 Å². The highest BCUT2D eigenvalue weighted by molar-refractivity contribution is 6.33. The van der Waals surface area contributed by atoms with E-state index in [4.69, 9.17) is 26.2 Å². The number of aromatic nitrogens is 5. The average Bonchev–Trinajstić information content (AvgIpc) is 3.36. The van der Waals surface area contributed by atoms with Gasteiger partial charge in [-0.2, -0.15) is 0 Å². The van der Waals surface area contributed by atoms with E-state index in [1.54, 1.807) is 30.2 Å². The third-order valence-corrected chi connectivity index (χ3v) is 5.92. The van der Waals surface area contributed by atoms with E-state index in [0.29, 0.717) is 10.8 Å². The number of hydrogen-bond acceptors (Lipinski definition) is 6. The molecule has 8 nitrogen and oxygen atoms in total. The van der Waals surface area contributed by atoms with Gasteiger partial charge in [0.15, 0.2) is 23.7 Å². The fraction of sp³-hybridized carbons (Fsp3) is 0.167. The fourth-order valence-corrected chi connectivity index (χ4v) is 3.97. The van der Waals surface area contributed by atoms with Crippen molar-refractivity contribution in [2.45, 2.75) is 20.5 Å². The van der Waals surface area contributed by atoms with Gasteiger partial charge in [0.05, 0.1) is 18.7 Å². The van der Waals surface area contributed by atoms with Gasteiger partial charge in [0.25, 0.3) is 0 Å². The largest absolute Gasteiger partial charge is 0.497 e. The lowest BCUT2D eigenvalue weighted by Gasteiger charge is -2.08. The number of nitrogens with zero attached hydrogens (tertiary/aromatic N) is 6. The molecule has 0 aliphatic heterocycles. The molecule has 3 heterocycles. The molecule has 0 unspecified atom stereocenters. The molecule has 0 aliphatic rings. The Morgan fingerprint density at radius 2 is 1.85 bits per heavy atom. The number of oxime groups is 1. The van der Waals surface area contributed by atoms with Gasteiger partial charge in [-0.15, -0.1) is 5.10 Å². The highest BCUT2D eigenvalue weighted by Gasteiger charge is 2.19. The molecule has 33 heavy (non-hydrogen) atoms. The van der Waals surface area contributed by atoms with Crippen molar-refractivity contribution in [3.05, 3.63) is 82.5 Å². The summed E-state index contributed by atoms with van der Waals surface area (Å²) in [6.07, 6.45) is 3.24. The standard InChI is InChI=1S/C24H21ClN6O2/c1-15-16(2)31(18-8-10-19(32-3)11-9-18)23-22(15)24-28-21(29-30(24)14-26-23)13-33-27-12-17-6-4-5-7-20(17)25/h4-12,14H,13H2,1-3H3. The van der Waals surface area contributed by atoms with Crippen LogP contribution in [-0.2, 0) is 11.4 Å². The zero-order valence-electron chi connectivity index (χ0n) is 18.4. The zero-order valence-corrected chi connectivity index (χ0v) is 19.1. The number of methoxy groups -OCH3 is 1. The van der Waals surface area contributed by atoms with Gasteiger partial charge in [-0.05, 0) is 49.7 Å². The second-order valence-electron chi connectivity index (χ2n) is 7.51. The quantitative estimate of drug-likeness (QED) is 0.266. The number of fused-ring (bicyclic) bond motifs is 3. The lowest BCUT2D eigenvalue weighted by molar-refractivity contribution is 0.126. The Morgan fingerprint density at radius 1 is 1.06 bits per heavy atom. The van der Waals surface area contributed by atoms with E-state index >= 15 is 0 Å². The summed E-state index contributed by atoms with van der Waals surface area (Å²) in [6, 6.07) is 15.3. The number of aryl methyl sites for hydroxylation is 1. The third kappa shape index (κ3) is 3.78. The van der Waals surface area contributed by atoms with E-state index in [2.05, 4.69) is 33.7 Å². The first-order chi connectivity index (χ1) is 16.1. The second-order valence-corrected chi connectivity index (χ2v) is 7.92. The summed E-state index contributed by atoms with van der Waals surface area (Å²) >= 11 is 6.13. The zero-order chi connectivity index (χ0) is 22.9. The van der Waals surface area contributed by atoms with Crippen molar-refractivity contribution in [2.24, 2.45) is 5.16 Å². The Bertz CT molecular complexity index is 1490. The maximum Gasteiger partial charge on any atom is 0.192 e. The van der Waals surface area contributed by atoms with E-state index in [1.165, 1.54) is 0 Å². The first-order valence-corrected chi connectivity index (χ1v) is 10.7. The molecule has 2 aromatic carbocycles. The molecule has 0 aliphatic carbocycles. The number of hydrogen-bond donors (Lipinski definition) is 0. The number of rotatable bonds is 6. The minimum absolute atomic E-state index is 0.126. The summed E-state index contributed by atoms with van der Waals surface area (Å²) in [6.45, 7) is 4.26. The van der Waals surface area contributed by atoms with Gasteiger partial charge in [-0.25, -0.2) is 14.5 Å². The van der Waals surface area contributed by atoms with Gasteiger partial charge >= 0.3 is 0 Å². The highest BCUT2D eigenvalue weighted by Crippen LogP contribution is 2.30. The first kappa shape index (κ1) is 21.0. The van der Waals surface area contributed by atoms with Crippen molar-refractivity contribution >= 4 is 34.5 Å². The molecular formula is C24H21ClN6O2. The number of halogens is 1. The van der Waals surface area contributed by atoms with Gasteiger partial charge in [-0.3, -0.25) is 4.57 Å².